The van der Waals surface area contributed by atoms with Crippen LogP contribution in [0.3, 0.4) is 0 Å². The zero-order valence-electron chi connectivity index (χ0n) is 34.2. The topological polar surface area (TPSA) is 189 Å². The Morgan fingerprint density at radius 1 is 0.630 bits per heavy atom. The third-order valence-electron chi connectivity index (χ3n) is 10.8. The molecule has 320 valence electrons. The molecule has 1 amide bonds. The second-order valence-electron chi connectivity index (χ2n) is 15.8. The lowest BCUT2D eigenvalue weighted by Gasteiger charge is -2.40. The van der Waals surface area contributed by atoms with Gasteiger partial charge in [-0.25, -0.2) is 0 Å². The van der Waals surface area contributed by atoms with Gasteiger partial charge >= 0.3 is 0 Å². The van der Waals surface area contributed by atoms with Gasteiger partial charge in [0.2, 0.25) is 5.91 Å². The summed E-state index contributed by atoms with van der Waals surface area (Å²) in [7, 11) is 0. The minimum atomic E-state index is -1.66. The monoisotopic (exact) mass is 774 g/mol. The van der Waals surface area contributed by atoms with Crippen LogP contribution < -0.4 is 5.32 Å². The maximum atomic E-state index is 13.0. The molecule has 0 aromatic rings. The molecule has 1 heterocycles. The van der Waals surface area contributed by atoms with Crippen molar-refractivity contribution in [2.45, 2.75) is 242 Å². The van der Waals surface area contributed by atoms with Gasteiger partial charge in [0.15, 0.2) is 6.29 Å². The quantitative estimate of drug-likeness (QED) is 0.0258. The maximum Gasteiger partial charge on any atom is 0.249 e. The molecule has 0 aromatic carbocycles. The van der Waals surface area contributed by atoms with E-state index >= 15 is 0 Å². The van der Waals surface area contributed by atoms with E-state index < -0.39 is 74.2 Å². The van der Waals surface area contributed by atoms with E-state index in [-0.39, 0.29) is 12.8 Å². The molecule has 0 saturated carbocycles. The Bertz CT molecular complexity index is 892. The number of nitrogens with one attached hydrogen (secondary N) is 1. The maximum absolute atomic E-state index is 13.0. The van der Waals surface area contributed by atoms with Gasteiger partial charge in [0.05, 0.1) is 25.4 Å². The molecule has 54 heavy (non-hydrogen) atoms. The van der Waals surface area contributed by atoms with Gasteiger partial charge in [-0.1, -0.05) is 161 Å². The number of carbonyl (C=O) groups is 1. The predicted molar refractivity (Wildman–Crippen MR) is 215 cm³/mol. The van der Waals surface area contributed by atoms with Crippen molar-refractivity contribution in [1.82, 2.24) is 5.32 Å². The fraction of sp³-hybridized carbons (Fsp3) is 0.930. The Hall–Kier alpha value is -1.15. The van der Waals surface area contributed by atoms with E-state index in [0.29, 0.717) is 12.8 Å². The number of amides is 1. The zero-order chi connectivity index (χ0) is 39.8. The molecule has 1 aliphatic heterocycles. The predicted octanol–water partition coefficient (Wildman–Crippen LogP) is 6.50. The Labute approximate surface area is 328 Å². The minimum absolute atomic E-state index is 0.258. The van der Waals surface area contributed by atoms with Crippen LogP contribution in [0.4, 0.5) is 0 Å². The van der Waals surface area contributed by atoms with Gasteiger partial charge in [-0.15, -0.1) is 0 Å². The summed E-state index contributed by atoms with van der Waals surface area (Å²) in [6, 6.07) is -1.18. The molecule has 1 rings (SSSR count). The molecule has 0 bridgehead atoms. The molecule has 0 aromatic heterocycles. The number of hydrogen-bond donors (Lipinski definition) is 8. The molecule has 0 radical (unpaired) electrons. The van der Waals surface area contributed by atoms with Crippen molar-refractivity contribution in [3.8, 4) is 0 Å². The number of aliphatic hydroxyl groups excluding tert-OH is 7. The van der Waals surface area contributed by atoms with Crippen molar-refractivity contribution in [2.24, 2.45) is 0 Å². The van der Waals surface area contributed by atoms with Crippen LogP contribution in [-0.4, -0.2) is 110 Å². The summed E-state index contributed by atoms with van der Waals surface area (Å²) in [6.07, 6.45) is 22.6. The van der Waals surface area contributed by atoms with Gasteiger partial charge < -0.3 is 50.5 Å². The van der Waals surface area contributed by atoms with E-state index in [1.807, 2.05) is 0 Å². The highest BCUT2D eigenvalue weighted by Crippen LogP contribution is 2.23. The van der Waals surface area contributed by atoms with Crippen LogP contribution in [0.5, 0.6) is 0 Å². The molecule has 1 aliphatic rings. The lowest BCUT2D eigenvalue weighted by Crippen LogP contribution is -2.60. The molecular formula is C43H83NO10. The third-order valence-corrected chi connectivity index (χ3v) is 10.8. The van der Waals surface area contributed by atoms with Gasteiger partial charge in [-0.05, 0) is 38.5 Å². The van der Waals surface area contributed by atoms with Crippen molar-refractivity contribution < 1.29 is 50.0 Å². The Balaban J connectivity index is 2.51. The number of ether oxygens (including phenoxy) is 2. The van der Waals surface area contributed by atoms with E-state index in [1.165, 1.54) is 109 Å². The molecule has 0 aliphatic carbocycles. The first-order chi connectivity index (χ1) is 26.2. The summed E-state index contributed by atoms with van der Waals surface area (Å²) in [5.74, 6) is -0.707. The normalized spacial score (nSPS) is 22.7. The molecule has 8 N–H and O–H groups in total. The van der Waals surface area contributed by atoms with Crippen molar-refractivity contribution in [2.75, 3.05) is 13.2 Å². The first-order valence-electron chi connectivity index (χ1n) is 22.1. The molecule has 1 fully saturated rings. The van der Waals surface area contributed by atoms with Crippen LogP contribution in [0, 0.1) is 0 Å². The Kier molecular flexibility index (Phi) is 32.0. The highest BCUT2D eigenvalue weighted by atomic mass is 16.7. The van der Waals surface area contributed by atoms with Gasteiger partial charge in [0.1, 0.15) is 36.6 Å². The van der Waals surface area contributed by atoms with Gasteiger partial charge in [0, 0.05) is 0 Å². The minimum Gasteiger partial charge on any atom is -0.394 e. The first-order valence-corrected chi connectivity index (χ1v) is 22.1. The Morgan fingerprint density at radius 2 is 1.09 bits per heavy atom. The number of allylic oxidation sites excluding steroid dienone is 2. The summed E-state index contributed by atoms with van der Waals surface area (Å²) in [5, 5.41) is 75.4. The SMILES string of the molecule is CCCCCCCCCCCC/C=C/CCCC(O)C(O)C(COC1OC(CO)C(O)C(O)C1O)NC(=O)C(O)CCCCCCCCCCCCCC. The summed E-state index contributed by atoms with van der Waals surface area (Å²) in [4.78, 5) is 13.0. The van der Waals surface area contributed by atoms with Gasteiger partial charge in [-0.2, -0.15) is 0 Å². The summed E-state index contributed by atoms with van der Waals surface area (Å²) >= 11 is 0. The van der Waals surface area contributed by atoms with E-state index in [4.69, 9.17) is 9.47 Å². The number of aliphatic hydroxyl groups is 7. The van der Waals surface area contributed by atoms with E-state index in [9.17, 15) is 40.5 Å². The largest absolute Gasteiger partial charge is 0.394 e. The average molecular weight is 774 g/mol. The van der Waals surface area contributed by atoms with Crippen LogP contribution in [0.15, 0.2) is 12.2 Å². The third kappa shape index (κ3) is 23.8. The fourth-order valence-corrected chi connectivity index (χ4v) is 7.09. The molecule has 11 nitrogen and oxygen atoms in total. The molecule has 9 unspecified atom stereocenters. The van der Waals surface area contributed by atoms with Crippen molar-refractivity contribution in [1.29, 1.82) is 0 Å². The van der Waals surface area contributed by atoms with Crippen LogP contribution >= 0.6 is 0 Å². The highest BCUT2D eigenvalue weighted by molar-refractivity contribution is 5.80. The standard InChI is InChI=1S/C43H83NO10/c1-3-5-7-9-11-13-15-17-18-19-21-22-24-26-28-30-35(46)38(48)34(33-53-43-41(51)40(50)39(49)37(32-45)54-43)44-42(52)36(47)31-29-27-25-23-20-16-14-12-10-8-6-4-2/h22,24,34-41,43,45-51H,3-21,23,25-33H2,1-2H3,(H,44,52)/b24-22+. The van der Waals surface area contributed by atoms with Crippen LogP contribution in [0.2, 0.25) is 0 Å². The van der Waals surface area contributed by atoms with E-state index in [1.54, 1.807) is 0 Å². The number of rotatable bonds is 36. The second kappa shape index (κ2) is 33.9. The number of carbonyl (C=O) groups excluding carboxylic acids is 1. The zero-order valence-corrected chi connectivity index (χ0v) is 34.2. The van der Waals surface area contributed by atoms with Gasteiger partial charge in [-0.3, -0.25) is 4.79 Å². The fourth-order valence-electron chi connectivity index (χ4n) is 7.09. The molecular weight excluding hydrogens is 690 g/mol. The van der Waals surface area contributed by atoms with Crippen LogP contribution in [0.1, 0.15) is 187 Å². The molecule has 11 heteroatoms. The first kappa shape index (κ1) is 50.9. The molecule has 0 spiro atoms. The number of hydrogen-bond acceptors (Lipinski definition) is 10. The van der Waals surface area contributed by atoms with Crippen molar-refractivity contribution in [3.05, 3.63) is 12.2 Å². The van der Waals surface area contributed by atoms with E-state index in [0.717, 1.165) is 38.5 Å². The Morgan fingerprint density at radius 3 is 1.59 bits per heavy atom. The average Bonchev–Trinajstić information content (AvgIpc) is 3.17. The lowest BCUT2D eigenvalue weighted by molar-refractivity contribution is -0.303. The van der Waals surface area contributed by atoms with Gasteiger partial charge in [0.25, 0.3) is 0 Å². The lowest BCUT2D eigenvalue weighted by atomic mass is 9.98. The smallest absolute Gasteiger partial charge is 0.249 e. The highest BCUT2D eigenvalue weighted by Gasteiger charge is 2.44. The van der Waals surface area contributed by atoms with Crippen LogP contribution in [-0.2, 0) is 14.3 Å². The van der Waals surface area contributed by atoms with Crippen molar-refractivity contribution in [3.63, 3.8) is 0 Å². The number of unbranched alkanes of at least 4 members (excludes halogenated alkanes) is 22. The van der Waals surface area contributed by atoms with Crippen LogP contribution in [0.25, 0.3) is 0 Å². The summed E-state index contributed by atoms with van der Waals surface area (Å²) in [5.41, 5.74) is 0. The second-order valence-corrected chi connectivity index (χ2v) is 15.8. The summed E-state index contributed by atoms with van der Waals surface area (Å²) < 4.78 is 11.1. The summed E-state index contributed by atoms with van der Waals surface area (Å²) in [6.45, 7) is 3.40. The molecule has 1 saturated heterocycles. The molecule has 9 atom stereocenters. The van der Waals surface area contributed by atoms with E-state index in [2.05, 4.69) is 31.3 Å². The van der Waals surface area contributed by atoms with Crippen molar-refractivity contribution >= 4 is 5.91 Å².